The smallest absolute Gasteiger partial charge is 0.272 e. The molecule has 0 spiro atoms. The van der Waals surface area contributed by atoms with Crippen molar-refractivity contribution >= 4 is 46.8 Å². The molecular weight excluding hydrogens is 458 g/mol. The SMILES string of the molecule is O=C(Nc1ccc(C(=O)/C=C/c2cccs2)cc1)/C(=C/c1cccnc1)NC(=O)c1ccccc1. The van der Waals surface area contributed by atoms with Gasteiger partial charge in [0, 0.05) is 34.1 Å². The summed E-state index contributed by atoms with van der Waals surface area (Å²) in [6, 6.07) is 22.6. The van der Waals surface area contributed by atoms with Crippen LogP contribution in [0.25, 0.3) is 12.2 Å². The van der Waals surface area contributed by atoms with Crippen LogP contribution in [0.1, 0.15) is 31.2 Å². The van der Waals surface area contributed by atoms with E-state index in [0.717, 1.165) is 4.88 Å². The summed E-state index contributed by atoms with van der Waals surface area (Å²) in [5.41, 5.74) is 2.13. The van der Waals surface area contributed by atoms with Crippen LogP contribution in [0.5, 0.6) is 0 Å². The fourth-order valence-corrected chi connectivity index (χ4v) is 3.74. The summed E-state index contributed by atoms with van der Waals surface area (Å²) in [5, 5.41) is 7.40. The van der Waals surface area contributed by atoms with Crippen molar-refractivity contribution in [3.8, 4) is 0 Å². The first-order valence-electron chi connectivity index (χ1n) is 10.7. The monoisotopic (exact) mass is 479 g/mol. The van der Waals surface area contributed by atoms with Gasteiger partial charge in [0.2, 0.25) is 0 Å². The third kappa shape index (κ3) is 6.69. The van der Waals surface area contributed by atoms with E-state index in [4.69, 9.17) is 0 Å². The Bertz CT molecular complexity index is 1360. The van der Waals surface area contributed by atoms with E-state index in [1.54, 1.807) is 96.5 Å². The van der Waals surface area contributed by atoms with Crippen molar-refractivity contribution in [1.29, 1.82) is 0 Å². The number of ketones is 1. The molecule has 0 bridgehead atoms. The van der Waals surface area contributed by atoms with Crippen LogP contribution in [-0.4, -0.2) is 22.6 Å². The van der Waals surface area contributed by atoms with Gasteiger partial charge in [-0.15, -0.1) is 11.3 Å². The van der Waals surface area contributed by atoms with E-state index in [-0.39, 0.29) is 11.5 Å². The molecule has 2 aromatic heterocycles. The maximum absolute atomic E-state index is 13.0. The molecule has 0 radical (unpaired) electrons. The number of nitrogens with one attached hydrogen (secondary N) is 2. The van der Waals surface area contributed by atoms with E-state index in [9.17, 15) is 14.4 Å². The van der Waals surface area contributed by atoms with Gasteiger partial charge in [0.15, 0.2) is 5.78 Å². The van der Waals surface area contributed by atoms with Gasteiger partial charge in [0.1, 0.15) is 5.70 Å². The molecule has 0 saturated heterocycles. The van der Waals surface area contributed by atoms with Crippen LogP contribution >= 0.6 is 11.3 Å². The van der Waals surface area contributed by atoms with Crippen molar-refractivity contribution in [3.05, 3.63) is 130 Å². The molecule has 35 heavy (non-hydrogen) atoms. The van der Waals surface area contributed by atoms with E-state index in [2.05, 4.69) is 15.6 Å². The molecule has 2 N–H and O–H groups in total. The average molecular weight is 480 g/mol. The molecule has 2 heterocycles. The van der Waals surface area contributed by atoms with Crippen LogP contribution < -0.4 is 10.6 Å². The number of nitrogens with zero attached hydrogens (tertiary/aromatic N) is 1. The minimum Gasteiger partial charge on any atom is -0.321 e. The molecule has 4 aromatic rings. The first-order valence-corrected chi connectivity index (χ1v) is 11.6. The molecule has 2 amide bonds. The summed E-state index contributed by atoms with van der Waals surface area (Å²) in [6.45, 7) is 0. The van der Waals surface area contributed by atoms with E-state index in [1.807, 2.05) is 23.6 Å². The quantitative estimate of drug-likeness (QED) is 0.260. The fraction of sp³-hybridized carbons (Fsp3) is 0. The number of hydrogen-bond acceptors (Lipinski definition) is 5. The number of thiophene rings is 1. The van der Waals surface area contributed by atoms with Crippen LogP contribution in [0.3, 0.4) is 0 Å². The number of pyridine rings is 1. The van der Waals surface area contributed by atoms with E-state index in [0.29, 0.717) is 22.4 Å². The summed E-state index contributed by atoms with van der Waals surface area (Å²) in [5.74, 6) is -1.05. The average Bonchev–Trinajstić information content (AvgIpc) is 3.42. The van der Waals surface area contributed by atoms with Crippen molar-refractivity contribution in [1.82, 2.24) is 10.3 Å². The van der Waals surface area contributed by atoms with Gasteiger partial charge >= 0.3 is 0 Å². The van der Waals surface area contributed by atoms with Crippen molar-refractivity contribution in [2.75, 3.05) is 5.32 Å². The predicted molar refractivity (Wildman–Crippen MR) is 139 cm³/mol. The van der Waals surface area contributed by atoms with Gasteiger partial charge in [-0.05, 0) is 77.7 Å². The molecule has 6 nitrogen and oxygen atoms in total. The Hall–Kier alpha value is -4.62. The Balaban J connectivity index is 1.48. The Morgan fingerprint density at radius 2 is 1.63 bits per heavy atom. The summed E-state index contributed by atoms with van der Waals surface area (Å²) >= 11 is 1.55. The van der Waals surface area contributed by atoms with Crippen LogP contribution in [0.4, 0.5) is 5.69 Å². The highest BCUT2D eigenvalue weighted by atomic mass is 32.1. The molecule has 172 valence electrons. The minimum atomic E-state index is -0.505. The second kappa shape index (κ2) is 11.5. The largest absolute Gasteiger partial charge is 0.321 e. The highest BCUT2D eigenvalue weighted by molar-refractivity contribution is 7.10. The number of amides is 2. The number of anilines is 1. The maximum atomic E-state index is 13.0. The zero-order chi connectivity index (χ0) is 24.5. The zero-order valence-corrected chi connectivity index (χ0v) is 19.4. The standard InChI is InChI=1S/C28H21N3O3S/c32-26(15-14-24-9-5-17-35-24)21-10-12-23(13-11-21)30-28(34)25(18-20-6-4-16-29-19-20)31-27(33)22-7-2-1-3-8-22/h1-19H,(H,30,34)(H,31,33)/b15-14+,25-18-. The van der Waals surface area contributed by atoms with Gasteiger partial charge in [0.25, 0.3) is 11.8 Å². The van der Waals surface area contributed by atoms with Gasteiger partial charge in [-0.25, -0.2) is 0 Å². The molecule has 7 heteroatoms. The van der Waals surface area contributed by atoms with Crippen molar-refractivity contribution < 1.29 is 14.4 Å². The number of hydrogen-bond donors (Lipinski definition) is 2. The maximum Gasteiger partial charge on any atom is 0.272 e. The molecule has 0 saturated carbocycles. The Morgan fingerprint density at radius 3 is 2.31 bits per heavy atom. The molecule has 0 aliphatic carbocycles. The summed E-state index contributed by atoms with van der Waals surface area (Å²) in [7, 11) is 0. The van der Waals surface area contributed by atoms with Gasteiger partial charge in [0.05, 0.1) is 0 Å². The van der Waals surface area contributed by atoms with E-state index < -0.39 is 11.8 Å². The van der Waals surface area contributed by atoms with Crippen molar-refractivity contribution in [2.24, 2.45) is 0 Å². The third-order valence-electron chi connectivity index (χ3n) is 4.89. The van der Waals surface area contributed by atoms with Crippen LogP contribution in [0.15, 0.2) is 108 Å². The summed E-state index contributed by atoms with van der Waals surface area (Å²) in [6.07, 6.45) is 8.06. The Kier molecular flexibility index (Phi) is 7.73. The highest BCUT2D eigenvalue weighted by Gasteiger charge is 2.15. The Morgan fingerprint density at radius 1 is 0.829 bits per heavy atom. The second-order valence-corrected chi connectivity index (χ2v) is 8.39. The number of aromatic nitrogens is 1. The van der Waals surface area contributed by atoms with Crippen LogP contribution in [0.2, 0.25) is 0 Å². The van der Waals surface area contributed by atoms with Gasteiger partial charge in [-0.2, -0.15) is 0 Å². The topological polar surface area (TPSA) is 88.2 Å². The summed E-state index contributed by atoms with van der Waals surface area (Å²) < 4.78 is 0. The van der Waals surface area contributed by atoms with Gasteiger partial charge in [-0.3, -0.25) is 19.4 Å². The zero-order valence-electron chi connectivity index (χ0n) is 18.5. The molecule has 0 aliphatic heterocycles. The van der Waals surface area contributed by atoms with Crippen molar-refractivity contribution in [2.45, 2.75) is 0 Å². The normalized spacial score (nSPS) is 11.3. The van der Waals surface area contributed by atoms with Crippen LogP contribution in [0, 0.1) is 0 Å². The van der Waals surface area contributed by atoms with E-state index in [1.165, 1.54) is 6.08 Å². The van der Waals surface area contributed by atoms with Crippen molar-refractivity contribution in [3.63, 3.8) is 0 Å². The van der Waals surface area contributed by atoms with Crippen LogP contribution in [-0.2, 0) is 4.79 Å². The Labute approximate surface area is 206 Å². The highest BCUT2D eigenvalue weighted by Crippen LogP contribution is 2.15. The lowest BCUT2D eigenvalue weighted by molar-refractivity contribution is -0.113. The van der Waals surface area contributed by atoms with E-state index >= 15 is 0 Å². The molecular formula is C28H21N3O3S. The minimum absolute atomic E-state index is 0.0610. The molecule has 4 rings (SSSR count). The molecule has 0 fully saturated rings. The molecule has 2 aromatic carbocycles. The lowest BCUT2D eigenvalue weighted by Gasteiger charge is -2.11. The summed E-state index contributed by atoms with van der Waals surface area (Å²) in [4.78, 5) is 43.2. The predicted octanol–water partition coefficient (Wildman–Crippen LogP) is 5.45. The molecule has 0 unspecified atom stereocenters. The second-order valence-electron chi connectivity index (χ2n) is 7.41. The van der Waals surface area contributed by atoms with Gasteiger partial charge < -0.3 is 10.6 Å². The number of carbonyl (C=O) groups is 3. The van der Waals surface area contributed by atoms with Gasteiger partial charge in [-0.1, -0.05) is 30.3 Å². The molecule has 0 aliphatic rings. The fourth-order valence-electron chi connectivity index (χ4n) is 3.13. The molecule has 0 atom stereocenters. The lowest BCUT2D eigenvalue weighted by atomic mass is 10.1. The lowest BCUT2D eigenvalue weighted by Crippen LogP contribution is -2.30. The third-order valence-corrected chi connectivity index (χ3v) is 5.73. The first-order chi connectivity index (χ1) is 17.1. The number of rotatable bonds is 8. The number of carbonyl (C=O) groups excluding carboxylic acids is 3. The number of benzene rings is 2. The number of allylic oxidation sites excluding steroid dienone is 1. The first kappa shape index (κ1) is 23.5.